The second kappa shape index (κ2) is 11.1. The highest BCUT2D eigenvalue weighted by molar-refractivity contribution is 7.99. The molecule has 0 spiro atoms. The number of aryl methyl sites for hydroxylation is 1. The van der Waals surface area contributed by atoms with Gasteiger partial charge in [0, 0.05) is 37.9 Å². The first-order valence-corrected chi connectivity index (χ1v) is 11.0. The van der Waals surface area contributed by atoms with Gasteiger partial charge >= 0.3 is 0 Å². The summed E-state index contributed by atoms with van der Waals surface area (Å²) in [6.45, 7) is 5.75. The molecule has 8 heteroatoms. The Morgan fingerprint density at radius 1 is 1.38 bits per heavy atom. The van der Waals surface area contributed by atoms with E-state index in [0.717, 1.165) is 38.2 Å². The van der Waals surface area contributed by atoms with Crippen molar-refractivity contribution >= 4 is 17.7 Å². The molecule has 1 aromatic carbocycles. The topological polar surface area (TPSA) is 87.3 Å². The number of H-pyrrole nitrogens is 1. The molecule has 156 valence electrons. The minimum Gasteiger partial charge on any atom is -0.374 e. The zero-order valence-electron chi connectivity index (χ0n) is 16.7. The lowest BCUT2D eigenvalue weighted by molar-refractivity contribution is -0.119. The lowest BCUT2D eigenvalue weighted by atomic mass is 10.2. The van der Waals surface area contributed by atoms with Crippen molar-refractivity contribution in [2.75, 3.05) is 32.0 Å². The van der Waals surface area contributed by atoms with Gasteiger partial charge in [-0.15, -0.1) is 0 Å². The molecule has 0 saturated carbocycles. The highest BCUT2D eigenvalue weighted by Crippen LogP contribution is 2.12. The van der Waals surface area contributed by atoms with Crippen molar-refractivity contribution in [1.82, 2.24) is 20.2 Å². The smallest absolute Gasteiger partial charge is 0.251 e. The number of carbonyl (C=O) groups is 1. The number of ether oxygens (including phenoxy) is 1. The Morgan fingerprint density at radius 3 is 3.00 bits per heavy atom. The summed E-state index contributed by atoms with van der Waals surface area (Å²) >= 11 is 1.24. The predicted molar refractivity (Wildman–Crippen MR) is 114 cm³/mol. The molecule has 0 aliphatic carbocycles. The maximum absolute atomic E-state index is 12.2. The number of rotatable bonds is 9. The molecule has 1 amide bonds. The number of hydrogen-bond acceptors (Lipinski definition) is 6. The number of aromatic nitrogens is 2. The Labute approximate surface area is 175 Å². The van der Waals surface area contributed by atoms with Crippen LogP contribution >= 0.6 is 11.8 Å². The molecule has 2 aromatic rings. The molecule has 7 nitrogen and oxygen atoms in total. The van der Waals surface area contributed by atoms with Crippen molar-refractivity contribution in [1.29, 1.82) is 0 Å². The molecule has 0 radical (unpaired) electrons. The van der Waals surface area contributed by atoms with Crippen LogP contribution in [0.2, 0.25) is 0 Å². The maximum atomic E-state index is 12.2. The molecule has 2 heterocycles. The normalized spacial score (nSPS) is 17.2. The number of nitrogens with zero attached hydrogens (tertiary/aromatic N) is 2. The van der Waals surface area contributed by atoms with E-state index < -0.39 is 0 Å². The van der Waals surface area contributed by atoms with Gasteiger partial charge < -0.3 is 15.0 Å². The molecular weight excluding hydrogens is 388 g/mol. The van der Waals surface area contributed by atoms with E-state index in [9.17, 15) is 9.59 Å². The Morgan fingerprint density at radius 2 is 2.21 bits per heavy atom. The van der Waals surface area contributed by atoms with Crippen LogP contribution < -0.4 is 10.9 Å². The molecular formula is C21H28N4O3S. The van der Waals surface area contributed by atoms with Crippen LogP contribution in [0.3, 0.4) is 0 Å². The van der Waals surface area contributed by atoms with E-state index in [1.807, 2.05) is 25.1 Å². The van der Waals surface area contributed by atoms with Crippen LogP contribution in [0.25, 0.3) is 0 Å². The Bertz CT molecular complexity index is 843. The molecule has 1 aromatic heterocycles. The lowest BCUT2D eigenvalue weighted by Gasteiger charge is -2.33. The van der Waals surface area contributed by atoms with Crippen LogP contribution in [0.15, 0.2) is 46.3 Å². The third kappa shape index (κ3) is 7.30. The molecule has 1 fully saturated rings. The van der Waals surface area contributed by atoms with Gasteiger partial charge in [0.25, 0.3) is 5.56 Å². The van der Waals surface area contributed by atoms with Crippen molar-refractivity contribution in [2.45, 2.75) is 37.6 Å². The van der Waals surface area contributed by atoms with Gasteiger partial charge in [-0.05, 0) is 12.0 Å². The van der Waals surface area contributed by atoms with Gasteiger partial charge in [0.15, 0.2) is 5.16 Å². The van der Waals surface area contributed by atoms with E-state index in [2.05, 4.69) is 32.3 Å². The summed E-state index contributed by atoms with van der Waals surface area (Å²) in [5.74, 6) is 0.112. The average molecular weight is 417 g/mol. The SMILES string of the molecule is CCCc1cc(=O)[nH]c(SCC(=O)NCC2CN(Cc3ccccc3)CCO2)n1. The number of morpholine rings is 1. The van der Waals surface area contributed by atoms with Crippen molar-refractivity contribution in [2.24, 2.45) is 0 Å². The van der Waals surface area contributed by atoms with E-state index in [1.165, 1.54) is 23.4 Å². The number of amides is 1. The zero-order chi connectivity index (χ0) is 20.5. The molecule has 0 bridgehead atoms. The second-order valence-electron chi connectivity index (χ2n) is 7.10. The fourth-order valence-electron chi connectivity index (χ4n) is 3.24. The molecule has 2 N–H and O–H groups in total. The van der Waals surface area contributed by atoms with E-state index in [0.29, 0.717) is 18.3 Å². The fourth-order valence-corrected chi connectivity index (χ4v) is 3.96. The monoisotopic (exact) mass is 416 g/mol. The average Bonchev–Trinajstić information content (AvgIpc) is 2.72. The Kier molecular flexibility index (Phi) is 8.27. The summed E-state index contributed by atoms with van der Waals surface area (Å²) in [7, 11) is 0. The minimum atomic E-state index is -0.180. The van der Waals surface area contributed by atoms with Crippen LogP contribution in [-0.4, -0.2) is 58.9 Å². The molecule has 1 saturated heterocycles. The molecule has 3 rings (SSSR count). The summed E-state index contributed by atoms with van der Waals surface area (Å²) < 4.78 is 5.79. The van der Waals surface area contributed by atoms with Crippen molar-refractivity contribution in [3.8, 4) is 0 Å². The first-order valence-electron chi connectivity index (χ1n) is 10.00. The summed E-state index contributed by atoms with van der Waals surface area (Å²) in [6.07, 6.45) is 1.65. The highest BCUT2D eigenvalue weighted by atomic mass is 32.2. The number of aromatic amines is 1. The van der Waals surface area contributed by atoms with Crippen molar-refractivity contribution < 1.29 is 9.53 Å². The third-order valence-electron chi connectivity index (χ3n) is 4.62. The summed E-state index contributed by atoms with van der Waals surface area (Å²) in [6, 6.07) is 11.9. The van der Waals surface area contributed by atoms with E-state index >= 15 is 0 Å². The molecule has 1 aliphatic rings. The van der Waals surface area contributed by atoms with Crippen LogP contribution in [-0.2, 0) is 22.5 Å². The minimum absolute atomic E-state index is 0.0211. The number of thioether (sulfide) groups is 1. The molecule has 29 heavy (non-hydrogen) atoms. The summed E-state index contributed by atoms with van der Waals surface area (Å²) in [4.78, 5) is 33.3. The van der Waals surface area contributed by atoms with Gasteiger partial charge in [-0.25, -0.2) is 4.98 Å². The van der Waals surface area contributed by atoms with Crippen LogP contribution in [0, 0.1) is 0 Å². The first-order chi connectivity index (χ1) is 14.1. The maximum Gasteiger partial charge on any atom is 0.251 e. The zero-order valence-corrected chi connectivity index (χ0v) is 17.5. The van der Waals surface area contributed by atoms with Crippen LogP contribution in [0.5, 0.6) is 0 Å². The fraction of sp³-hybridized carbons (Fsp3) is 0.476. The van der Waals surface area contributed by atoms with Crippen molar-refractivity contribution in [3.05, 3.63) is 58.0 Å². The number of nitrogens with one attached hydrogen (secondary N) is 2. The van der Waals surface area contributed by atoms with Crippen molar-refractivity contribution in [3.63, 3.8) is 0 Å². The second-order valence-corrected chi connectivity index (χ2v) is 8.06. The first kappa shape index (κ1) is 21.5. The molecule has 1 unspecified atom stereocenters. The van der Waals surface area contributed by atoms with Crippen LogP contribution in [0.4, 0.5) is 0 Å². The van der Waals surface area contributed by atoms with Gasteiger partial charge in [-0.1, -0.05) is 55.4 Å². The Balaban J connectivity index is 1.41. The van der Waals surface area contributed by atoms with Gasteiger partial charge in [0.1, 0.15) is 0 Å². The third-order valence-corrected chi connectivity index (χ3v) is 5.49. The predicted octanol–water partition coefficient (Wildman–Crippen LogP) is 1.83. The van der Waals surface area contributed by atoms with Gasteiger partial charge in [-0.3, -0.25) is 14.5 Å². The standard InChI is InChI=1S/C21H28N4O3S/c1-2-6-17-11-19(26)24-21(23-17)29-15-20(27)22-12-18-14-25(9-10-28-18)13-16-7-4-3-5-8-16/h3-5,7-8,11,18H,2,6,9-10,12-15H2,1H3,(H,22,27)(H,23,24,26). The largest absolute Gasteiger partial charge is 0.374 e. The number of hydrogen-bond donors (Lipinski definition) is 2. The lowest BCUT2D eigenvalue weighted by Crippen LogP contribution is -2.47. The Hall–Kier alpha value is -2.16. The van der Waals surface area contributed by atoms with Crippen LogP contribution in [0.1, 0.15) is 24.6 Å². The van der Waals surface area contributed by atoms with E-state index in [-0.39, 0.29) is 23.3 Å². The number of carbonyl (C=O) groups excluding carboxylic acids is 1. The summed E-state index contributed by atoms with van der Waals surface area (Å²) in [5.41, 5.74) is 1.86. The van der Waals surface area contributed by atoms with Gasteiger partial charge in [-0.2, -0.15) is 0 Å². The van der Waals surface area contributed by atoms with Gasteiger partial charge in [0.05, 0.1) is 18.5 Å². The summed E-state index contributed by atoms with van der Waals surface area (Å²) in [5, 5.41) is 3.42. The van der Waals surface area contributed by atoms with E-state index in [4.69, 9.17) is 4.74 Å². The van der Waals surface area contributed by atoms with E-state index in [1.54, 1.807) is 0 Å². The highest BCUT2D eigenvalue weighted by Gasteiger charge is 2.21. The molecule has 1 atom stereocenters. The molecule has 1 aliphatic heterocycles. The van der Waals surface area contributed by atoms with Gasteiger partial charge in [0.2, 0.25) is 5.91 Å². The number of benzene rings is 1. The quantitative estimate of drug-likeness (QED) is 0.479.